The molecule has 0 spiro atoms. The molecule has 0 aliphatic rings. The van der Waals surface area contributed by atoms with Gasteiger partial charge in [-0.05, 0) is 31.6 Å². The maximum Gasteiger partial charge on any atom is 0.279 e. The first-order valence-corrected chi connectivity index (χ1v) is 7.82. The lowest BCUT2D eigenvalue weighted by atomic mass is 10.4. The summed E-state index contributed by atoms with van der Waals surface area (Å²) in [6.45, 7) is 4.44. The molecule has 0 aliphatic heterocycles. The van der Waals surface area contributed by atoms with Gasteiger partial charge in [0, 0.05) is 19.8 Å². The fourth-order valence-electron chi connectivity index (χ4n) is 1.50. The van der Waals surface area contributed by atoms with Crippen LogP contribution in [0.3, 0.4) is 0 Å². The summed E-state index contributed by atoms with van der Waals surface area (Å²) in [5.74, 6) is 0. The molecule has 0 saturated heterocycles. The highest BCUT2D eigenvalue weighted by Crippen LogP contribution is 1.98. The maximum atomic E-state index is 11.9. The second kappa shape index (κ2) is 8.21. The Morgan fingerprint density at radius 2 is 2.16 bits per heavy atom. The molecule has 2 N–H and O–H groups in total. The Kier molecular flexibility index (Phi) is 6.93. The Bertz CT molecular complexity index is 450. The van der Waals surface area contributed by atoms with E-state index in [-0.39, 0.29) is 6.54 Å². The summed E-state index contributed by atoms with van der Waals surface area (Å²) in [7, 11) is -1.85. The minimum absolute atomic E-state index is 0.209. The van der Waals surface area contributed by atoms with Gasteiger partial charge in [-0.1, -0.05) is 13.0 Å². The van der Waals surface area contributed by atoms with Crippen LogP contribution in [0.4, 0.5) is 0 Å². The van der Waals surface area contributed by atoms with Crippen LogP contribution in [0.15, 0.2) is 24.4 Å². The minimum Gasteiger partial charge on any atom is -0.317 e. The standard InChI is InChI=1S/C12H22N4O2S/c1-3-13-8-6-10-16(2)19(17,18)15-11-12-7-4-5-9-14-12/h4-5,7,9,13,15H,3,6,8,10-11H2,1-2H3. The molecule has 0 saturated carbocycles. The van der Waals surface area contributed by atoms with Crippen LogP contribution >= 0.6 is 0 Å². The van der Waals surface area contributed by atoms with Gasteiger partial charge in [-0.2, -0.15) is 17.4 Å². The van der Waals surface area contributed by atoms with E-state index in [4.69, 9.17) is 0 Å². The lowest BCUT2D eigenvalue weighted by molar-refractivity contribution is 0.445. The molecule has 19 heavy (non-hydrogen) atoms. The number of hydrogen-bond donors (Lipinski definition) is 2. The second-order valence-electron chi connectivity index (χ2n) is 4.18. The lowest BCUT2D eigenvalue weighted by Gasteiger charge is -2.17. The first-order valence-electron chi connectivity index (χ1n) is 6.38. The fourth-order valence-corrected chi connectivity index (χ4v) is 2.42. The van der Waals surface area contributed by atoms with Crippen LogP contribution in [0, 0.1) is 0 Å². The Morgan fingerprint density at radius 1 is 1.37 bits per heavy atom. The first-order chi connectivity index (χ1) is 9.06. The van der Waals surface area contributed by atoms with Gasteiger partial charge >= 0.3 is 0 Å². The molecular formula is C12H22N4O2S. The Balaban J connectivity index is 2.38. The van der Waals surface area contributed by atoms with Crippen LogP contribution in [-0.2, 0) is 16.8 Å². The highest BCUT2D eigenvalue weighted by molar-refractivity contribution is 7.87. The third kappa shape index (κ3) is 6.11. The molecule has 108 valence electrons. The van der Waals surface area contributed by atoms with Crippen molar-refractivity contribution in [3.63, 3.8) is 0 Å². The van der Waals surface area contributed by atoms with E-state index in [1.807, 2.05) is 13.0 Å². The molecule has 0 bridgehead atoms. The van der Waals surface area contributed by atoms with Gasteiger partial charge in [0.2, 0.25) is 0 Å². The van der Waals surface area contributed by atoms with Gasteiger partial charge in [0.1, 0.15) is 0 Å². The number of nitrogens with one attached hydrogen (secondary N) is 2. The van der Waals surface area contributed by atoms with Crippen molar-refractivity contribution in [3.8, 4) is 0 Å². The molecule has 0 amide bonds. The smallest absolute Gasteiger partial charge is 0.279 e. The van der Waals surface area contributed by atoms with E-state index in [1.54, 1.807) is 25.4 Å². The SMILES string of the molecule is CCNCCCN(C)S(=O)(=O)NCc1ccccn1. The van der Waals surface area contributed by atoms with Crippen molar-refractivity contribution in [1.29, 1.82) is 0 Å². The largest absolute Gasteiger partial charge is 0.317 e. The van der Waals surface area contributed by atoms with Crippen LogP contribution in [0.25, 0.3) is 0 Å². The maximum absolute atomic E-state index is 11.9. The molecule has 0 fully saturated rings. The zero-order valence-electron chi connectivity index (χ0n) is 11.5. The predicted molar refractivity (Wildman–Crippen MR) is 75.8 cm³/mol. The molecule has 0 atom stereocenters. The summed E-state index contributed by atoms with van der Waals surface area (Å²) in [6, 6.07) is 5.41. The quantitative estimate of drug-likeness (QED) is 0.642. The van der Waals surface area contributed by atoms with Crippen molar-refractivity contribution in [1.82, 2.24) is 19.3 Å². The minimum atomic E-state index is -3.43. The lowest BCUT2D eigenvalue weighted by Crippen LogP contribution is -2.39. The molecule has 0 unspecified atom stereocenters. The van der Waals surface area contributed by atoms with E-state index in [1.165, 1.54) is 4.31 Å². The van der Waals surface area contributed by atoms with Crippen LogP contribution < -0.4 is 10.0 Å². The van der Waals surface area contributed by atoms with Gasteiger partial charge in [0.15, 0.2) is 0 Å². The van der Waals surface area contributed by atoms with E-state index < -0.39 is 10.2 Å². The summed E-state index contributed by atoms with van der Waals surface area (Å²) in [5, 5.41) is 3.16. The Labute approximate surface area is 115 Å². The summed E-state index contributed by atoms with van der Waals surface area (Å²) >= 11 is 0. The van der Waals surface area contributed by atoms with Crippen molar-refractivity contribution >= 4 is 10.2 Å². The third-order valence-corrected chi connectivity index (χ3v) is 4.16. The molecule has 1 rings (SSSR count). The van der Waals surface area contributed by atoms with Crippen molar-refractivity contribution in [2.45, 2.75) is 19.9 Å². The van der Waals surface area contributed by atoms with Crippen LogP contribution in [0.2, 0.25) is 0 Å². The molecule has 1 heterocycles. The summed E-state index contributed by atoms with van der Waals surface area (Å²) in [4.78, 5) is 4.07. The van der Waals surface area contributed by atoms with Crippen molar-refractivity contribution in [2.75, 3.05) is 26.7 Å². The van der Waals surface area contributed by atoms with Gasteiger partial charge in [0.05, 0.1) is 12.2 Å². The predicted octanol–water partition coefficient (Wildman–Crippen LogP) is 0.347. The average Bonchev–Trinajstić information content (AvgIpc) is 2.42. The number of nitrogens with zero attached hydrogens (tertiary/aromatic N) is 2. The zero-order chi connectivity index (χ0) is 14.1. The van der Waals surface area contributed by atoms with Crippen LogP contribution in [-0.4, -0.2) is 44.4 Å². The van der Waals surface area contributed by atoms with Crippen molar-refractivity contribution in [2.24, 2.45) is 0 Å². The van der Waals surface area contributed by atoms with Crippen LogP contribution in [0.1, 0.15) is 19.0 Å². The third-order valence-electron chi connectivity index (χ3n) is 2.65. The molecule has 0 radical (unpaired) electrons. The summed E-state index contributed by atoms with van der Waals surface area (Å²) < 4.78 is 27.7. The van der Waals surface area contributed by atoms with Gasteiger partial charge in [-0.3, -0.25) is 4.98 Å². The van der Waals surface area contributed by atoms with E-state index >= 15 is 0 Å². The highest BCUT2D eigenvalue weighted by atomic mass is 32.2. The van der Waals surface area contributed by atoms with Crippen LogP contribution in [0.5, 0.6) is 0 Å². The van der Waals surface area contributed by atoms with E-state index in [0.29, 0.717) is 12.2 Å². The second-order valence-corrected chi connectivity index (χ2v) is 6.04. The Morgan fingerprint density at radius 3 is 2.79 bits per heavy atom. The van der Waals surface area contributed by atoms with E-state index in [9.17, 15) is 8.42 Å². The normalized spacial score (nSPS) is 11.9. The molecule has 7 heteroatoms. The van der Waals surface area contributed by atoms with Gasteiger partial charge in [-0.15, -0.1) is 0 Å². The number of pyridine rings is 1. The molecule has 1 aromatic heterocycles. The fraction of sp³-hybridized carbons (Fsp3) is 0.583. The first kappa shape index (κ1) is 16.0. The van der Waals surface area contributed by atoms with Gasteiger partial charge < -0.3 is 5.32 Å². The number of rotatable bonds is 9. The summed E-state index contributed by atoms with van der Waals surface area (Å²) in [6.07, 6.45) is 2.43. The van der Waals surface area contributed by atoms with Gasteiger partial charge in [0.25, 0.3) is 10.2 Å². The molecule has 0 aliphatic carbocycles. The topological polar surface area (TPSA) is 74.3 Å². The molecule has 1 aromatic rings. The average molecular weight is 286 g/mol. The summed E-state index contributed by atoms with van der Waals surface area (Å²) in [5.41, 5.74) is 0.701. The Hall–Kier alpha value is -1.02. The zero-order valence-corrected chi connectivity index (χ0v) is 12.3. The van der Waals surface area contributed by atoms with E-state index in [2.05, 4.69) is 15.0 Å². The molecular weight excluding hydrogens is 264 g/mol. The van der Waals surface area contributed by atoms with Crippen molar-refractivity contribution in [3.05, 3.63) is 30.1 Å². The number of aromatic nitrogens is 1. The molecule has 6 nitrogen and oxygen atoms in total. The van der Waals surface area contributed by atoms with Crippen molar-refractivity contribution < 1.29 is 8.42 Å². The monoisotopic (exact) mass is 286 g/mol. The van der Waals surface area contributed by atoms with E-state index in [0.717, 1.165) is 19.5 Å². The highest BCUT2D eigenvalue weighted by Gasteiger charge is 2.16. The number of hydrogen-bond acceptors (Lipinski definition) is 4. The molecule has 0 aromatic carbocycles. The van der Waals surface area contributed by atoms with Gasteiger partial charge in [-0.25, -0.2) is 0 Å².